The van der Waals surface area contributed by atoms with E-state index in [-0.39, 0.29) is 24.9 Å². The molecule has 0 unspecified atom stereocenters. The molecule has 0 radical (unpaired) electrons. The number of hydrogen-bond donors (Lipinski definition) is 0. The van der Waals surface area contributed by atoms with Gasteiger partial charge >= 0.3 is 12.1 Å². The van der Waals surface area contributed by atoms with Crippen LogP contribution in [0.5, 0.6) is 0 Å². The second-order valence-electron chi connectivity index (χ2n) is 12.3. The maximum absolute atomic E-state index is 13.8. The summed E-state index contributed by atoms with van der Waals surface area (Å²) in [4.78, 5) is 41.5. The first-order valence-electron chi connectivity index (χ1n) is 13.8. The highest BCUT2D eigenvalue weighted by Crippen LogP contribution is 2.34. The number of rotatable bonds is 8. The number of halogens is 1. The van der Waals surface area contributed by atoms with Crippen molar-refractivity contribution in [3.05, 3.63) is 72.2 Å². The Labute approximate surface area is 249 Å². The molecule has 0 aliphatic carbocycles. The van der Waals surface area contributed by atoms with Crippen LogP contribution in [-0.2, 0) is 20.7 Å². The second kappa shape index (κ2) is 12.5. The zero-order valence-electron chi connectivity index (χ0n) is 25.1. The minimum absolute atomic E-state index is 0.0902. The molecule has 42 heavy (non-hydrogen) atoms. The number of fused-ring (bicyclic) bond motifs is 1. The van der Waals surface area contributed by atoms with Crippen LogP contribution in [0.4, 0.5) is 14.3 Å². The molecule has 222 valence electrons. The van der Waals surface area contributed by atoms with Gasteiger partial charge in [0.1, 0.15) is 11.2 Å². The van der Waals surface area contributed by atoms with Gasteiger partial charge in [0.15, 0.2) is 5.13 Å². The number of aromatic nitrogens is 3. The summed E-state index contributed by atoms with van der Waals surface area (Å²) in [7, 11) is 0. The van der Waals surface area contributed by atoms with Gasteiger partial charge in [-0.3, -0.25) is 14.7 Å². The smallest absolute Gasteiger partial charge is 0.416 e. The molecule has 4 rings (SSSR count). The Hall–Kier alpha value is -3.92. The van der Waals surface area contributed by atoms with Crippen LogP contribution in [0.3, 0.4) is 0 Å². The Morgan fingerprint density at radius 1 is 0.905 bits per heavy atom. The number of aryl methyl sites for hydroxylation is 1. The molecule has 0 saturated carbocycles. The van der Waals surface area contributed by atoms with E-state index in [2.05, 4.69) is 15.0 Å². The first-order chi connectivity index (χ1) is 19.6. The van der Waals surface area contributed by atoms with Crippen molar-refractivity contribution < 1.29 is 23.5 Å². The van der Waals surface area contributed by atoms with E-state index in [0.717, 1.165) is 27.1 Å². The number of ether oxygens (including phenoxy) is 2. The molecule has 8 nitrogen and oxygen atoms in total. The maximum atomic E-state index is 13.8. The Kier molecular flexibility index (Phi) is 9.25. The molecule has 0 fully saturated rings. The molecule has 0 aliphatic rings. The van der Waals surface area contributed by atoms with Gasteiger partial charge in [0.2, 0.25) is 5.95 Å². The highest BCUT2D eigenvalue weighted by molar-refractivity contribution is 7.19. The number of amides is 1. The molecule has 0 spiro atoms. The lowest BCUT2D eigenvalue weighted by atomic mass is 9.96. The summed E-state index contributed by atoms with van der Waals surface area (Å²) in [6.45, 7) is 13.0. The first-order valence-corrected chi connectivity index (χ1v) is 14.6. The average molecular weight is 593 g/mol. The van der Waals surface area contributed by atoms with Crippen LogP contribution in [0, 0.1) is 18.8 Å². The van der Waals surface area contributed by atoms with E-state index in [1.165, 1.54) is 28.5 Å². The van der Waals surface area contributed by atoms with Gasteiger partial charge in [-0.2, -0.15) is 4.39 Å². The SMILES string of the molecule is Cc1ccc(C[C@H](CC(=O)OC(C)(C)C)CN(C(=O)OC(C)(C)C)c2ncc(-c3ccc4cnc(F)cc4c3)s2)cn1. The topological polar surface area (TPSA) is 94.5 Å². The zero-order chi connectivity index (χ0) is 30.7. The summed E-state index contributed by atoms with van der Waals surface area (Å²) in [5, 5.41) is 1.95. The number of benzene rings is 1. The van der Waals surface area contributed by atoms with Crippen molar-refractivity contribution >= 4 is 39.3 Å². The van der Waals surface area contributed by atoms with Crippen molar-refractivity contribution in [1.29, 1.82) is 0 Å². The molecule has 0 N–H and O–H groups in total. The van der Waals surface area contributed by atoms with E-state index in [1.807, 2.05) is 58.0 Å². The van der Waals surface area contributed by atoms with Crippen molar-refractivity contribution in [3.8, 4) is 10.4 Å². The highest BCUT2D eigenvalue weighted by Gasteiger charge is 2.30. The summed E-state index contributed by atoms with van der Waals surface area (Å²) in [5.41, 5.74) is 1.28. The zero-order valence-corrected chi connectivity index (χ0v) is 25.9. The molecular formula is C32H37FN4O4S. The van der Waals surface area contributed by atoms with Crippen molar-refractivity contribution in [2.45, 2.75) is 72.5 Å². The summed E-state index contributed by atoms with van der Waals surface area (Å²) >= 11 is 1.32. The molecular weight excluding hydrogens is 555 g/mol. The lowest BCUT2D eigenvalue weighted by molar-refractivity contribution is -0.155. The number of nitrogens with zero attached hydrogens (tertiary/aromatic N) is 4. The van der Waals surface area contributed by atoms with Crippen LogP contribution >= 0.6 is 11.3 Å². The average Bonchev–Trinajstić information content (AvgIpc) is 3.35. The fraction of sp³-hybridized carbons (Fsp3) is 0.406. The third kappa shape index (κ3) is 8.79. The Morgan fingerprint density at radius 3 is 2.31 bits per heavy atom. The molecule has 3 aromatic heterocycles. The highest BCUT2D eigenvalue weighted by atomic mass is 32.1. The summed E-state index contributed by atoms with van der Waals surface area (Å²) in [6, 6.07) is 10.9. The third-order valence-electron chi connectivity index (χ3n) is 6.12. The first kappa shape index (κ1) is 31.0. The van der Waals surface area contributed by atoms with E-state index in [9.17, 15) is 14.0 Å². The van der Waals surface area contributed by atoms with Gasteiger partial charge in [-0.05, 0) is 89.5 Å². The minimum atomic E-state index is -0.743. The monoisotopic (exact) mass is 592 g/mol. The summed E-state index contributed by atoms with van der Waals surface area (Å²) in [5.74, 6) is -1.21. The van der Waals surface area contributed by atoms with Crippen molar-refractivity contribution in [2.75, 3.05) is 11.4 Å². The van der Waals surface area contributed by atoms with Gasteiger partial charge in [0.25, 0.3) is 0 Å². The largest absolute Gasteiger partial charge is 0.460 e. The molecule has 0 bridgehead atoms. The Balaban J connectivity index is 1.67. The number of carbonyl (C=O) groups excluding carboxylic acids is 2. The molecule has 0 saturated heterocycles. The van der Waals surface area contributed by atoms with Crippen molar-refractivity contribution in [2.24, 2.45) is 5.92 Å². The van der Waals surface area contributed by atoms with Crippen molar-refractivity contribution in [1.82, 2.24) is 15.0 Å². The molecule has 3 heterocycles. The quantitative estimate of drug-likeness (QED) is 0.154. The lowest BCUT2D eigenvalue weighted by Crippen LogP contribution is -2.41. The molecule has 1 amide bonds. The van der Waals surface area contributed by atoms with Crippen LogP contribution in [0.15, 0.2) is 55.0 Å². The van der Waals surface area contributed by atoms with Gasteiger partial charge in [-0.1, -0.05) is 29.5 Å². The predicted octanol–water partition coefficient (Wildman–Crippen LogP) is 7.53. The molecule has 1 atom stereocenters. The van der Waals surface area contributed by atoms with E-state index < -0.39 is 23.2 Å². The third-order valence-corrected chi connectivity index (χ3v) is 7.19. The maximum Gasteiger partial charge on any atom is 0.416 e. The predicted molar refractivity (Wildman–Crippen MR) is 163 cm³/mol. The van der Waals surface area contributed by atoms with E-state index in [1.54, 1.807) is 33.2 Å². The fourth-order valence-corrected chi connectivity index (χ4v) is 5.28. The Bertz CT molecular complexity index is 1560. The normalized spacial score (nSPS) is 12.7. The molecule has 4 aromatic rings. The molecule has 10 heteroatoms. The second-order valence-corrected chi connectivity index (χ2v) is 13.3. The molecule has 0 aliphatic heterocycles. The van der Waals surface area contributed by atoms with E-state index in [0.29, 0.717) is 16.9 Å². The van der Waals surface area contributed by atoms with E-state index >= 15 is 0 Å². The molecule has 1 aromatic carbocycles. The number of anilines is 1. The number of carbonyl (C=O) groups is 2. The Morgan fingerprint density at radius 2 is 1.64 bits per heavy atom. The summed E-state index contributed by atoms with van der Waals surface area (Å²) < 4.78 is 25.2. The van der Waals surface area contributed by atoms with Gasteiger partial charge in [0.05, 0.1) is 11.3 Å². The number of pyridine rings is 2. The minimum Gasteiger partial charge on any atom is -0.460 e. The van der Waals surface area contributed by atoms with Crippen LogP contribution in [-0.4, -0.2) is 44.8 Å². The van der Waals surface area contributed by atoms with Crippen LogP contribution in [0.1, 0.15) is 59.2 Å². The number of thiazole rings is 1. The van der Waals surface area contributed by atoms with Gasteiger partial charge < -0.3 is 9.47 Å². The fourth-order valence-electron chi connectivity index (χ4n) is 4.37. The lowest BCUT2D eigenvalue weighted by Gasteiger charge is -2.29. The van der Waals surface area contributed by atoms with Gasteiger partial charge in [0, 0.05) is 42.3 Å². The van der Waals surface area contributed by atoms with Crippen LogP contribution in [0.25, 0.3) is 21.2 Å². The van der Waals surface area contributed by atoms with Crippen molar-refractivity contribution in [3.63, 3.8) is 0 Å². The van der Waals surface area contributed by atoms with E-state index in [4.69, 9.17) is 9.47 Å². The number of hydrogen-bond acceptors (Lipinski definition) is 8. The van der Waals surface area contributed by atoms with Crippen LogP contribution in [0.2, 0.25) is 0 Å². The van der Waals surface area contributed by atoms with Gasteiger partial charge in [-0.25, -0.2) is 14.8 Å². The summed E-state index contributed by atoms with van der Waals surface area (Å²) in [6.07, 6.45) is 4.98. The van der Waals surface area contributed by atoms with Crippen LogP contribution < -0.4 is 4.90 Å². The standard InChI is InChI=1S/C32H37FN4O4S/c1-20-8-9-21(16-34-20)12-22(13-28(38)40-31(2,3)4)19-37(30(39)41-32(5,6)7)29-36-18-26(42-29)23-10-11-24-17-35-27(33)15-25(24)14-23/h8-11,14-18,22H,12-13,19H2,1-7H3/t22-/m1/s1. The number of esters is 1. The van der Waals surface area contributed by atoms with Gasteiger partial charge in [-0.15, -0.1) is 0 Å².